The zero-order valence-corrected chi connectivity index (χ0v) is 15.5. The van der Waals surface area contributed by atoms with Gasteiger partial charge >= 0.3 is 6.03 Å². The van der Waals surface area contributed by atoms with E-state index in [1.807, 2.05) is 57.7 Å². The molecule has 6 heteroatoms. The molecule has 0 fully saturated rings. The molecule has 1 aromatic heterocycles. The van der Waals surface area contributed by atoms with Crippen LogP contribution in [0.15, 0.2) is 42.6 Å². The van der Waals surface area contributed by atoms with Crippen LogP contribution >= 0.6 is 0 Å². The van der Waals surface area contributed by atoms with Gasteiger partial charge in [-0.1, -0.05) is 12.1 Å². The molecule has 2 rings (SSSR count). The fourth-order valence-corrected chi connectivity index (χ4v) is 2.74. The quantitative estimate of drug-likeness (QED) is 0.772. The summed E-state index contributed by atoms with van der Waals surface area (Å²) < 4.78 is 7.22. The van der Waals surface area contributed by atoms with E-state index in [1.54, 1.807) is 7.11 Å². The summed E-state index contributed by atoms with van der Waals surface area (Å²) in [5, 5.41) is 5.87. The highest BCUT2D eigenvalue weighted by Crippen LogP contribution is 2.17. The van der Waals surface area contributed by atoms with Gasteiger partial charge in [0.2, 0.25) is 0 Å². The summed E-state index contributed by atoms with van der Waals surface area (Å²) in [6.45, 7) is 1.15. The van der Waals surface area contributed by atoms with Gasteiger partial charge in [0, 0.05) is 32.0 Å². The monoisotopic (exact) mass is 344 g/mol. The Labute approximate surface area is 149 Å². The zero-order chi connectivity index (χ0) is 18.2. The van der Waals surface area contributed by atoms with Crippen molar-refractivity contribution in [2.75, 3.05) is 34.3 Å². The molecule has 0 aliphatic carbocycles. The maximum Gasteiger partial charge on any atom is 0.314 e. The first-order valence-electron chi connectivity index (χ1n) is 8.43. The molecule has 2 aromatic rings. The van der Waals surface area contributed by atoms with Crippen LogP contribution in [0.3, 0.4) is 0 Å². The van der Waals surface area contributed by atoms with Gasteiger partial charge < -0.3 is 19.9 Å². The Balaban J connectivity index is 1.76. The topological polar surface area (TPSA) is 58.5 Å². The summed E-state index contributed by atoms with van der Waals surface area (Å²) in [5.74, 6) is 0.838. The van der Waals surface area contributed by atoms with Crippen molar-refractivity contribution in [3.05, 3.63) is 53.9 Å². The molecule has 0 aliphatic heterocycles. The lowest BCUT2D eigenvalue weighted by molar-refractivity contribution is 0.231. The van der Waals surface area contributed by atoms with E-state index >= 15 is 0 Å². The molecule has 136 valence electrons. The smallest absolute Gasteiger partial charge is 0.314 e. The largest absolute Gasteiger partial charge is 0.497 e. The van der Waals surface area contributed by atoms with Crippen molar-refractivity contribution in [3.63, 3.8) is 0 Å². The summed E-state index contributed by atoms with van der Waals surface area (Å²) in [5.41, 5.74) is 2.33. The van der Waals surface area contributed by atoms with Crippen molar-refractivity contribution in [1.29, 1.82) is 0 Å². The number of benzene rings is 1. The van der Waals surface area contributed by atoms with Gasteiger partial charge in [0.15, 0.2) is 0 Å². The van der Waals surface area contributed by atoms with Crippen LogP contribution in [0.1, 0.15) is 17.3 Å². The van der Waals surface area contributed by atoms with Crippen LogP contribution in [0.25, 0.3) is 0 Å². The Morgan fingerprint density at radius 2 is 1.92 bits per heavy atom. The molecule has 0 saturated carbocycles. The number of carbonyl (C=O) groups excluding carboxylic acids is 1. The molecule has 0 aliphatic rings. The lowest BCUT2D eigenvalue weighted by Gasteiger charge is -2.25. The predicted octanol–water partition coefficient (Wildman–Crippen LogP) is 2.18. The summed E-state index contributed by atoms with van der Waals surface area (Å²) in [4.78, 5) is 14.2. The third-order valence-corrected chi connectivity index (χ3v) is 4.26. The molecule has 2 N–H and O–H groups in total. The van der Waals surface area contributed by atoms with E-state index in [1.165, 1.54) is 5.69 Å². The first-order chi connectivity index (χ1) is 12.0. The van der Waals surface area contributed by atoms with Crippen molar-refractivity contribution in [2.24, 2.45) is 7.05 Å². The van der Waals surface area contributed by atoms with E-state index < -0.39 is 0 Å². The Morgan fingerprint density at radius 3 is 2.48 bits per heavy atom. The Kier molecular flexibility index (Phi) is 6.89. The molecule has 0 radical (unpaired) electrons. The fourth-order valence-electron chi connectivity index (χ4n) is 2.74. The average Bonchev–Trinajstić information content (AvgIpc) is 3.01. The number of urea groups is 1. The zero-order valence-electron chi connectivity index (χ0n) is 15.5. The molecule has 1 heterocycles. The van der Waals surface area contributed by atoms with Gasteiger partial charge in [0.25, 0.3) is 0 Å². The minimum absolute atomic E-state index is 0.132. The number of aromatic nitrogens is 1. The van der Waals surface area contributed by atoms with Crippen molar-refractivity contribution in [1.82, 2.24) is 20.1 Å². The van der Waals surface area contributed by atoms with Gasteiger partial charge in [-0.15, -0.1) is 0 Å². The second-order valence-electron chi connectivity index (χ2n) is 6.26. The summed E-state index contributed by atoms with van der Waals surface area (Å²) in [6.07, 6.45) is 2.80. The van der Waals surface area contributed by atoms with Gasteiger partial charge in [-0.3, -0.25) is 4.90 Å². The highest BCUT2D eigenvalue weighted by molar-refractivity contribution is 5.73. The molecule has 1 unspecified atom stereocenters. The molecule has 0 spiro atoms. The Hall–Kier alpha value is -2.47. The maximum atomic E-state index is 12.0. The number of likely N-dealkylation sites (N-methyl/N-ethyl adjacent to an activating group) is 1. The molecule has 0 bridgehead atoms. The van der Waals surface area contributed by atoms with E-state index in [2.05, 4.69) is 26.2 Å². The van der Waals surface area contributed by atoms with Gasteiger partial charge in [0.1, 0.15) is 5.75 Å². The molecule has 6 nitrogen and oxygen atoms in total. The Bertz CT molecular complexity index is 664. The number of aryl methyl sites for hydroxylation is 1. The predicted molar refractivity (Wildman–Crippen MR) is 99.9 cm³/mol. The number of ether oxygens (including phenoxy) is 1. The standard InChI is InChI=1S/C19H28N4O2/c1-22(2)18(17-6-5-13-23(17)3)14-21-19(24)20-12-11-15-7-9-16(25-4)10-8-15/h5-10,13,18H,11-12,14H2,1-4H3,(H2,20,21,24). The van der Waals surface area contributed by atoms with E-state index in [0.717, 1.165) is 17.7 Å². The van der Waals surface area contributed by atoms with Crippen molar-refractivity contribution in [3.8, 4) is 5.75 Å². The fraction of sp³-hybridized carbons (Fsp3) is 0.421. The molecule has 25 heavy (non-hydrogen) atoms. The molecular weight excluding hydrogens is 316 g/mol. The number of hydrogen-bond donors (Lipinski definition) is 2. The molecule has 1 aromatic carbocycles. The van der Waals surface area contributed by atoms with Gasteiger partial charge in [-0.25, -0.2) is 4.79 Å². The second-order valence-corrected chi connectivity index (χ2v) is 6.26. The van der Waals surface area contributed by atoms with Crippen LogP contribution in [0.2, 0.25) is 0 Å². The number of methoxy groups -OCH3 is 1. The van der Waals surface area contributed by atoms with Crippen LogP contribution in [-0.4, -0.2) is 49.8 Å². The van der Waals surface area contributed by atoms with Gasteiger partial charge in [0.05, 0.1) is 13.2 Å². The normalized spacial score (nSPS) is 12.0. The van der Waals surface area contributed by atoms with Gasteiger partial charge in [-0.2, -0.15) is 0 Å². The van der Waals surface area contributed by atoms with Crippen molar-refractivity contribution in [2.45, 2.75) is 12.5 Å². The summed E-state index contributed by atoms with van der Waals surface area (Å²) in [7, 11) is 7.69. The molecule has 0 saturated heterocycles. The highest BCUT2D eigenvalue weighted by Gasteiger charge is 2.17. The third-order valence-electron chi connectivity index (χ3n) is 4.26. The minimum Gasteiger partial charge on any atom is -0.497 e. The molecular formula is C19H28N4O2. The SMILES string of the molecule is COc1ccc(CCNC(=O)NCC(c2cccn2C)N(C)C)cc1. The van der Waals surface area contributed by atoms with Crippen LogP contribution in [0.5, 0.6) is 5.75 Å². The van der Waals surface area contributed by atoms with Crippen LogP contribution in [0, 0.1) is 0 Å². The van der Waals surface area contributed by atoms with E-state index in [-0.39, 0.29) is 12.1 Å². The van der Waals surface area contributed by atoms with E-state index in [0.29, 0.717) is 13.1 Å². The highest BCUT2D eigenvalue weighted by atomic mass is 16.5. The first-order valence-corrected chi connectivity index (χ1v) is 8.43. The number of hydrogen-bond acceptors (Lipinski definition) is 3. The first kappa shape index (κ1) is 18.9. The van der Waals surface area contributed by atoms with E-state index in [4.69, 9.17) is 4.74 Å². The third kappa shape index (κ3) is 5.53. The number of rotatable bonds is 8. The van der Waals surface area contributed by atoms with Crippen LogP contribution < -0.4 is 15.4 Å². The number of nitrogens with zero attached hydrogens (tertiary/aromatic N) is 2. The number of amides is 2. The van der Waals surface area contributed by atoms with Crippen molar-refractivity contribution >= 4 is 6.03 Å². The van der Waals surface area contributed by atoms with Crippen LogP contribution in [-0.2, 0) is 13.5 Å². The van der Waals surface area contributed by atoms with Gasteiger partial charge in [-0.05, 0) is 50.3 Å². The minimum atomic E-state index is -0.144. The van der Waals surface area contributed by atoms with E-state index in [9.17, 15) is 4.79 Å². The summed E-state index contributed by atoms with van der Waals surface area (Å²) in [6, 6.07) is 12.0. The number of nitrogens with one attached hydrogen (secondary N) is 2. The second kappa shape index (κ2) is 9.13. The lowest BCUT2D eigenvalue weighted by Crippen LogP contribution is -2.41. The molecule has 2 amide bonds. The molecule has 1 atom stereocenters. The maximum absolute atomic E-state index is 12.0. The number of carbonyl (C=O) groups is 1. The summed E-state index contributed by atoms with van der Waals surface area (Å²) >= 11 is 0. The lowest BCUT2D eigenvalue weighted by atomic mass is 10.1. The average molecular weight is 344 g/mol. The van der Waals surface area contributed by atoms with Crippen molar-refractivity contribution < 1.29 is 9.53 Å². The Morgan fingerprint density at radius 1 is 1.20 bits per heavy atom. The van der Waals surface area contributed by atoms with Crippen LogP contribution in [0.4, 0.5) is 4.79 Å².